The van der Waals surface area contributed by atoms with Crippen molar-refractivity contribution in [3.05, 3.63) is 56.0 Å². The molecule has 9 nitrogen and oxygen atoms in total. The first-order chi connectivity index (χ1) is 12.7. The largest absolute Gasteiger partial charge is 0.332 e. The number of carbonyl (C=O) groups excluding carboxylic acids is 2. The van der Waals surface area contributed by atoms with Crippen molar-refractivity contribution < 1.29 is 9.59 Å². The van der Waals surface area contributed by atoms with E-state index in [4.69, 9.17) is 11.6 Å². The van der Waals surface area contributed by atoms with Crippen LogP contribution in [0.2, 0.25) is 5.28 Å². The fraction of sp³-hybridized carbons (Fsp3) is 0.235. The van der Waals surface area contributed by atoms with Crippen LogP contribution in [0.1, 0.15) is 17.3 Å². The number of fused-ring (bicyclic) bond motifs is 1. The summed E-state index contributed by atoms with van der Waals surface area (Å²) < 4.78 is 3.35. The third-order valence-corrected chi connectivity index (χ3v) is 4.44. The predicted octanol–water partition coefficient (Wildman–Crippen LogP) is 0.928. The minimum absolute atomic E-state index is 0.0530. The van der Waals surface area contributed by atoms with Crippen LogP contribution < -0.4 is 16.6 Å². The van der Waals surface area contributed by atoms with Crippen LogP contribution >= 0.6 is 11.6 Å². The Kier molecular flexibility index (Phi) is 4.71. The second kappa shape index (κ2) is 6.84. The lowest BCUT2D eigenvalue weighted by atomic mass is 10.1. The summed E-state index contributed by atoms with van der Waals surface area (Å²) in [6, 6.07) is 6.48. The van der Waals surface area contributed by atoms with Crippen molar-refractivity contribution in [1.82, 2.24) is 18.7 Å². The van der Waals surface area contributed by atoms with E-state index < -0.39 is 17.2 Å². The Hall–Kier alpha value is -3.20. The summed E-state index contributed by atoms with van der Waals surface area (Å²) in [6.45, 7) is 1.14. The summed E-state index contributed by atoms with van der Waals surface area (Å²) >= 11 is 6.09. The van der Waals surface area contributed by atoms with Crippen molar-refractivity contribution in [3.63, 3.8) is 0 Å². The molecule has 0 spiro atoms. The summed E-state index contributed by atoms with van der Waals surface area (Å²) in [5, 5.41) is 2.56. The van der Waals surface area contributed by atoms with E-state index >= 15 is 0 Å². The van der Waals surface area contributed by atoms with Gasteiger partial charge in [-0.3, -0.25) is 28.1 Å². The number of carbonyl (C=O) groups is 2. The van der Waals surface area contributed by atoms with Crippen LogP contribution in [0.15, 0.2) is 33.9 Å². The molecule has 1 N–H and O–H groups in total. The average molecular weight is 390 g/mol. The van der Waals surface area contributed by atoms with E-state index in [-0.39, 0.29) is 28.8 Å². The molecule has 140 valence electrons. The van der Waals surface area contributed by atoms with Crippen molar-refractivity contribution in [2.45, 2.75) is 13.5 Å². The molecule has 27 heavy (non-hydrogen) atoms. The number of imidazole rings is 1. The van der Waals surface area contributed by atoms with Gasteiger partial charge in [-0.25, -0.2) is 4.79 Å². The number of nitrogens with one attached hydrogen (secondary N) is 1. The number of aromatic nitrogens is 4. The average Bonchev–Trinajstić information content (AvgIpc) is 2.95. The first-order valence-corrected chi connectivity index (χ1v) is 8.31. The summed E-state index contributed by atoms with van der Waals surface area (Å²) in [4.78, 5) is 52.4. The zero-order valence-electron chi connectivity index (χ0n) is 14.8. The Morgan fingerprint density at radius 3 is 2.56 bits per heavy atom. The molecule has 0 saturated heterocycles. The smallest absolute Gasteiger partial charge is 0.325 e. The molecule has 3 aromatic rings. The molecule has 0 atom stereocenters. The number of benzene rings is 1. The number of Topliss-reactive ketones (excluding diaryl/α,β-unsaturated/α-hetero) is 1. The number of aryl methyl sites for hydroxylation is 1. The summed E-state index contributed by atoms with van der Waals surface area (Å²) in [6.07, 6.45) is 0. The van der Waals surface area contributed by atoms with Gasteiger partial charge in [0.1, 0.15) is 6.54 Å². The van der Waals surface area contributed by atoms with Crippen molar-refractivity contribution in [2.24, 2.45) is 14.1 Å². The van der Waals surface area contributed by atoms with Crippen LogP contribution in [0.3, 0.4) is 0 Å². The third-order valence-electron chi connectivity index (χ3n) is 4.16. The van der Waals surface area contributed by atoms with Crippen LogP contribution in [0.25, 0.3) is 11.2 Å². The maximum absolute atomic E-state index is 12.5. The topological polar surface area (TPSA) is 108 Å². The zero-order chi connectivity index (χ0) is 19.9. The van der Waals surface area contributed by atoms with Gasteiger partial charge in [0, 0.05) is 25.3 Å². The van der Waals surface area contributed by atoms with Gasteiger partial charge in [0.05, 0.1) is 0 Å². The first-order valence-electron chi connectivity index (χ1n) is 7.93. The van der Waals surface area contributed by atoms with E-state index in [1.807, 2.05) is 0 Å². The highest BCUT2D eigenvalue weighted by atomic mass is 35.5. The molecule has 0 radical (unpaired) electrons. The van der Waals surface area contributed by atoms with Gasteiger partial charge in [-0.15, -0.1) is 0 Å². The van der Waals surface area contributed by atoms with Gasteiger partial charge in [0.15, 0.2) is 16.9 Å². The fourth-order valence-electron chi connectivity index (χ4n) is 2.72. The van der Waals surface area contributed by atoms with Crippen molar-refractivity contribution in [1.29, 1.82) is 0 Å². The maximum Gasteiger partial charge on any atom is 0.332 e. The molecular weight excluding hydrogens is 374 g/mol. The SMILES string of the molecule is CC(=O)c1cccc(NC(=O)Cn2c(Cl)nc3c2c(=O)n(C)c(=O)n3C)c1. The van der Waals surface area contributed by atoms with Crippen LogP contribution in [0.4, 0.5) is 5.69 Å². The number of amides is 1. The van der Waals surface area contributed by atoms with Crippen molar-refractivity contribution in [2.75, 3.05) is 5.32 Å². The Balaban J connectivity index is 1.98. The third kappa shape index (κ3) is 3.28. The van der Waals surface area contributed by atoms with Gasteiger partial charge in [-0.2, -0.15) is 4.98 Å². The second-order valence-corrected chi connectivity index (χ2v) is 6.37. The molecule has 0 saturated carbocycles. The van der Waals surface area contributed by atoms with Crippen LogP contribution in [0, 0.1) is 0 Å². The highest BCUT2D eigenvalue weighted by Crippen LogP contribution is 2.16. The molecule has 1 aromatic carbocycles. The lowest BCUT2D eigenvalue weighted by Gasteiger charge is -2.09. The number of anilines is 1. The molecule has 1 amide bonds. The molecule has 0 aliphatic carbocycles. The number of hydrogen-bond donors (Lipinski definition) is 1. The molecule has 2 heterocycles. The van der Waals surface area contributed by atoms with Gasteiger partial charge in [0.2, 0.25) is 11.2 Å². The Bertz CT molecular complexity index is 1200. The quantitative estimate of drug-likeness (QED) is 0.527. The predicted molar refractivity (Wildman–Crippen MR) is 100 cm³/mol. The maximum atomic E-state index is 12.5. The number of halogens is 1. The van der Waals surface area contributed by atoms with Gasteiger partial charge in [-0.1, -0.05) is 12.1 Å². The molecule has 0 bridgehead atoms. The Morgan fingerprint density at radius 1 is 1.19 bits per heavy atom. The number of rotatable bonds is 4. The summed E-state index contributed by atoms with van der Waals surface area (Å²) in [5.41, 5.74) is -0.0914. The lowest BCUT2D eigenvalue weighted by molar-refractivity contribution is -0.116. The summed E-state index contributed by atoms with van der Waals surface area (Å²) in [7, 11) is 2.80. The molecule has 0 unspecified atom stereocenters. The molecule has 0 fully saturated rings. The minimum Gasteiger partial charge on any atom is -0.325 e. The molecule has 3 rings (SSSR count). The normalized spacial score (nSPS) is 11.0. The van der Waals surface area contributed by atoms with E-state index in [0.29, 0.717) is 11.3 Å². The second-order valence-electron chi connectivity index (χ2n) is 6.03. The van der Waals surface area contributed by atoms with E-state index in [0.717, 1.165) is 4.57 Å². The van der Waals surface area contributed by atoms with Crippen LogP contribution in [0.5, 0.6) is 0 Å². The van der Waals surface area contributed by atoms with Crippen LogP contribution in [-0.4, -0.2) is 30.4 Å². The first kappa shape index (κ1) is 18.6. The molecular formula is C17H16ClN5O4. The Labute approximate surface area is 157 Å². The van der Waals surface area contributed by atoms with Gasteiger partial charge in [0.25, 0.3) is 5.56 Å². The van der Waals surface area contributed by atoms with E-state index in [1.54, 1.807) is 24.3 Å². The minimum atomic E-state index is -0.598. The van der Waals surface area contributed by atoms with Crippen LogP contribution in [-0.2, 0) is 25.4 Å². The monoisotopic (exact) mass is 389 g/mol. The van der Waals surface area contributed by atoms with Crippen molar-refractivity contribution in [3.8, 4) is 0 Å². The summed E-state index contributed by atoms with van der Waals surface area (Å²) in [5.74, 6) is -0.591. The number of ketones is 1. The molecule has 0 aliphatic rings. The highest BCUT2D eigenvalue weighted by molar-refractivity contribution is 6.29. The van der Waals surface area contributed by atoms with E-state index in [9.17, 15) is 19.2 Å². The van der Waals surface area contributed by atoms with Gasteiger partial charge >= 0.3 is 5.69 Å². The van der Waals surface area contributed by atoms with Gasteiger partial charge in [-0.05, 0) is 30.7 Å². The molecule has 2 aromatic heterocycles. The molecule has 0 aliphatic heterocycles. The Morgan fingerprint density at radius 2 is 1.89 bits per heavy atom. The zero-order valence-corrected chi connectivity index (χ0v) is 15.6. The fourth-order valence-corrected chi connectivity index (χ4v) is 2.95. The lowest BCUT2D eigenvalue weighted by Crippen LogP contribution is -2.37. The standard InChI is InChI=1S/C17H16ClN5O4/c1-9(24)10-5-4-6-11(7-10)19-12(25)8-23-13-14(20-16(23)18)21(2)17(27)22(3)15(13)26/h4-7H,8H2,1-3H3,(H,19,25). The molecule has 10 heteroatoms. The van der Waals surface area contributed by atoms with E-state index in [1.165, 1.54) is 30.2 Å². The highest BCUT2D eigenvalue weighted by Gasteiger charge is 2.19. The van der Waals surface area contributed by atoms with Gasteiger partial charge < -0.3 is 5.32 Å². The number of hydrogen-bond acceptors (Lipinski definition) is 5. The van der Waals surface area contributed by atoms with Crippen molar-refractivity contribution >= 4 is 40.1 Å². The number of nitrogens with zero attached hydrogens (tertiary/aromatic N) is 4. The van der Waals surface area contributed by atoms with E-state index in [2.05, 4.69) is 10.3 Å².